The van der Waals surface area contributed by atoms with Gasteiger partial charge in [-0.1, -0.05) is 25.1 Å². The first-order chi connectivity index (χ1) is 14.2. The van der Waals surface area contributed by atoms with Crippen LogP contribution < -0.4 is 15.0 Å². The van der Waals surface area contributed by atoms with Gasteiger partial charge in [0.2, 0.25) is 5.13 Å². The molecule has 1 aromatic carbocycles. The smallest absolute Gasteiger partial charge is 0.205 e. The van der Waals surface area contributed by atoms with E-state index >= 15 is 0 Å². The van der Waals surface area contributed by atoms with Crippen molar-refractivity contribution in [1.82, 2.24) is 19.6 Å². The Morgan fingerprint density at radius 3 is 2.67 bits per heavy atom. The Balaban J connectivity index is 0.00000320. The van der Waals surface area contributed by atoms with Crippen molar-refractivity contribution >= 4 is 46.6 Å². The number of para-hydroxylation sites is 1. The molecule has 0 bridgehead atoms. The molecule has 0 radical (unpaired) electrons. The third-order valence-corrected chi connectivity index (χ3v) is 5.63. The maximum atomic E-state index is 5.79. The number of benzene rings is 1. The number of guanidine groups is 1. The van der Waals surface area contributed by atoms with Crippen LogP contribution in [0.25, 0.3) is 0 Å². The summed E-state index contributed by atoms with van der Waals surface area (Å²) in [6.45, 7) is 7.57. The standard InChI is InChI=1S/C20H30N6O2S.HI/c1-4-18-23-20(29-24-18)26-12-10-25(11-13-26)19(21-2)22-9-14-28-15-16-7-5-6-8-17(16)27-3;/h5-8H,4,9-15H2,1-3H3,(H,21,22);1H. The van der Waals surface area contributed by atoms with Crippen molar-refractivity contribution in [3.8, 4) is 5.75 Å². The third kappa shape index (κ3) is 6.67. The van der Waals surface area contributed by atoms with Gasteiger partial charge in [-0.3, -0.25) is 4.99 Å². The molecule has 1 N–H and O–H groups in total. The van der Waals surface area contributed by atoms with Gasteiger partial charge in [0.1, 0.15) is 11.6 Å². The maximum Gasteiger partial charge on any atom is 0.205 e. The zero-order valence-corrected chi connectivity index (χ0v) is 21.0. The van der Waals surface area contributed by atoms with Gasteiger partial charge in [0.15, 0.2) is 5.96 Å². The Hall–Kier alpha value is -1.66. The first kappa shape index (κ1) is 24.6. The molecular weight excluding hydrogens is 515 g/mol. The maximum absolute atomic E-state index is 5.79. The number of aromatic nitrogens is 2. The van der Waals surface area contributed by atoms with Crippen LogP contribution in [0.1, 0.15) is 18.3 Å². The number of nitrogens with one attached hydrogen (secondary N) is 1. The zero-order valence-electron chi connectivity index (χ0n) is 17.8. The molecule has 10 heteroatoms. The second-order valence-electron chi connectivity index (χ2n) is 6.66. The Morgan fingerprint density at radius 1 is 1.23 bits per heavy atom. The van der Waals surface area contributed by atoms with E-state index < -0.39 is 0 Å². The molecule has 0 amide bonds. The van der Waals surface area contributed by atoms with E-state index in [1.54, 1.807) is 7.11 Å². The van der Waals surface area contributed by atoms with Crippen LogP contribution in [-0.2, 0) is 17.8 Å². The van der Waals surface area contributed by atoms with E-state index in [9.17, 15) is 0 Å². The molecule has 1 fully saturated rings. The highest BCUT2D eigenvalue weighted by molar-refractivity contribution is 14.0. The minimum Gasteiger partial charge on any atom is -0.496 e. The van der Waals surface area contributed by atoms with Crippen molar-refractivity contribution in [2.45, 2.75) is 20.0 Å². The van der Waals surface area contributed by atoms with Crippen molar-refractivity contribution in [2.75, 3.05) is 58.4 Å². The molecule has 0 unspecified atom stereocenters. The molecule has 30 heavy (non-hydrogen) atoms. The first-order valence-corrected chi connectivity index (χ1v) is 10.7. The summed E-state index contributed by atoms with van der Waals surface area (Å²) in [5.74, 6) is 2.70. The Morgan fingerprint density at radius 2 is 2.00 bits per heavy atom. The fourth-order valence-electron chi connectivity index (χ4n) is 3.20. The van der Waals surface area contributed by atoms with Crippen LogP contribution in [-0.4, -0.2) is 73.7 Å². The minimum atomic E-state index is 0. The summed E-state index contributed by atoms with van der Waals surface area (Å²) < 4.78 is 15.5. The molecule has 0 saturated carbocycles. The molecule has 1 saturated heterocycles. The number of rotatable bonds is 8. The summed E-state index contributed by atoms with van der Waals surface area (Å²) in [6.07, 6.45) is 0.881. The summed E-state index contributed by atoms with van der Waals surface area (Å²) in [7, 11) is 3.50. The van der Waals surface area contributed by atoms with E-state index in [0.29, 0.717) is 19.8 Å². The number of methoxy groups -OCH3 is 1. The van der Waals surface area contributed by atoms with Crippen molar-refractivity contribution < 1.29 is 9.47 Å². The molecule has 2 heterocycles. The van der Waals surface area contributed by atoms with E-state index in [1.807, 2.05) is 31.3 Å². The van der Waals surface area contributed by atoms with Crippen LogP contribution in [0.4, 0.5) is 5.13 Å². The fourth-order valence-corrected chi connectivity index (χ4v) is 4.00. The lowest BCUT2D eigenvalue weighted by atomic mass is 10.2. The molecule has 0 aliphatic carbocycles. The quantitative estimate of drug-likeness (QED) is 0.236. The summed E-state index contributed by atoms with van der Waals surface area (Å²) in [5, 5.41) is 4.42. The lowest BCUT2D eigenvalue weighted by Crippen LogP contribution is -2.53. The van der Waals surface area contributed by atoms with E-state index in [4.69, 9.17) is 9.47 Å². The summed E-state index contributed by atoms with van der Waals surface area (Å²) in [6, 6.07) is 7.92. The highest BCUT2D eigenvalue weighted by Crippen LogP contribution is 2.19. The molecular formula is C20H31IN6O2S. The SMILES string of the molecule is CCc1nsc(N2CCN(C(=NC)NCCOCc3ccccc3OC)CC2)n1.I. The summed E-state index contributed by atoms with van der Waals surface area (Å²) >= 11 is 1.49. The number of anilines is 1. The van der Waals surface area contributed by atoms with E-state index in [0.717, 1.165) is 60.8 Å². The highest BCUT2D eigenvalue weighted by Gasteiger charge is 2.21. The van der Waals surface area contributed by atoms with Crippen molar-refractivity contribution in [3.05, 3.63) is 35.7 Å². The van der Waals surface area contributed by atoms with Gasteiger partial charge < -0.3 is 24.6 Å². The van der Waals surface area contributed by atoms with Crippen LogP contribution in [0, 0.1) is 0 Å². The number of piperazine rings is 1. The van der Waals surface area contributed by atoms with Gasteiger partial charge in [0, 0.05) is 63.3 Å². The number of halogens is 1. The van der Waals surface area contributed by atoms with E-state index in [1.165, 1.54) is 11.5 Å². The lowest BCUT2D eigenvalue weighted by molar-refractivity contribution is 0.123. The van der Waals surface area contributed by atoms with Crippen molar-refractivity contribution in [1.29, 1.82) is 0 Å². The molecule has 0 spiro atoms. The summed E-state index contributed by atoms with van der Waals surface area (Å²) in [5.41, 5.74) is 1.05. The summed E-state index contributed by atoms with van der Waals surface area (Å²) in [4.78, 5) is 13.6. The normalized spacial score (nSPS) is 14.4. The zero-order chi connectivity index (χ0) is 20.5. The number of ether oxygens (including phenoxy) is 2. The minimum absolute atomic E-state index is 0. The topological polar surface area (TPSA) is 75.1 Å². The lowest BCUT2D eigenvalue weighted by Gasteiger charge is -2.36. The van der Waals surface area contributed by atoms with Gasteiger partial charge in [-0.15, -0.1) is 24.0 Å². The third-order valence-electron chi connectivity index (χ3n) is 4.81. The molecule has 0 atom stereocenters. The predicted octanol–water partition coefficient (Wildman–Crippen LogP) is 2.64. The van der Waals surface area contributed by atoms with Gasteiger partial charge in [-0.2, -0.15) is 4.37 Å². The van der Waals surface area contributed by atoms with Crippen molar-refractivity contribution in [2.24, 2.45) is 4.99 Å². The average Bonchev–Trinajstić information content (AvgIpc) is 3.26. The Bertz CT molecular complexity index is 795. The van der Waals surface area contributed by atoms with Gasteiger partial charge in [0.25, 0.3) is 0 Å². The number of aryl methyl sites for hydroxylation is 1. The number of hydrogen-bond acceptors (Lipinski definition) is 7. The predicted molar refractivity (Wildman–Crippen MR) is 132 cm³/mol. The largest absolute Gasteiger partial charge is 0.496 e. The van der Waals surface area contributed by atoms with Crippen LogP contribution in [0.5, 0.6) is 5.75 Å². The number of hydrogen-bond donors (Lipinski definition) is 1. The molecule has 1 aliphatic rings. The van der Waals surface area contributed by atoms with E-state index in [-0.39, 0.29) is 24.0 Å². The molecule has 166 valence electrons. The first-order valence-electron chi connectivity index (χ1n) is 9.98. The average molecular weight is 546 g/mol. The molecule has 2 aromatic rings. The van der Waals surface area contributed by atoms with E-state index in [2.05, 4.69) is 36.4 Å². The molecule has 3 rings (SSSR count). The van der Waals surface area contributed by atoms with Gasteiger partial charge in [-0.25, -0.2) is 4.98 Å². The number of aliphatic imine (C=N–C) groups is 1. The highest BCUT2D eigenvalue weighted by atomic mass is 127. The van der Waals surface area contributed by atoms with Gasteiger partial charge in [0.05, 0.1) is 20.3 Å². The second-order valence-corrected chi connectivity index (χ2v) is 7.39. The molecule has 1 aliphatic heterocycles. The van der Waals surface area contributed by atoms with Gasteiger partial charge >= 0.3 is 0 Å². The van der Waals surface area contributed by atoms with Gasteiger partial charge in [-0.05, 0) is 6.07 Å². The molecule has 8 nitrogen and oxygen atoms in total. The van der Waals surface area contributed by atoms with Crippen molar-refractivity contribution in [3.63, 3.8) is 0 Å². The van der Waals surface area contributed by atoms with Crippen LogP contribution >= 0.6 is 35.5 Å². The second kappa shape index (κ2) is 12.9. The molecule has 1 aromatic heterocycles. The van der Waals surface area contributed by atoms with Crippen LogP contribution in [0.2, 0.25) is 0 Å². The Kier molecular flexibility index (Phi) is 10.6. The monoisotopic (exact) mass is 546 g/mol. The number of nitrogens with zero attached hydrogens (tertiary/aromatic N) is 5. The fraction of sp³-hybridized carbons (Fsp3) is 0.550. The van der Waals surface area contributed by atoms with Crippen LogP contribution in [0.15, 0.2) is 29.3 Å². The Labute approximate surface area is 199 Å². The van der Waals surface area contributed by atoms with Crippen LogP contribution in [0.3, 0.4) is 0 Å².